The number of hydrogen-bond donors (Lipinski definition) is 1. The van der Waals surface area contributed by atoms with Crippen LogP contribution in [0.2, 0.25) is 5.02 Å². The van der Waals surface area contributed by atoms with E-state index in [1.165, 1.54) is 32.2 Å². The highest BCUT2D eigenvalue weighted by Crippen LogP contribution is 2.26. The number of carboxylic acids is 1. The van der Waals surface area contributed by atoms with Gasteiger partial charge < -0.3 is 5.11 Å². The molecule has 0 aliphatic carbocycles. The average Bonchev–Trinajstić information content (AvgIpc) is 2.47. The van der Waals surface area contributed by atoms with Gasteiger partial charge in [0.05, 0.1) is 16.1 Å². The summed E-state index contributed by atoms with van der Waals surface area (Å²) >= 11 is 5.80. The zero-order chi connectivity index (χ0) is 16.5. The smallest absolute Gasteiger partial charge is 0.335 e. The van der Waals surface area contributed by atoms with Crippen LogP contribution < -0.4 is 4.31 Å². The van der Waals surface area contributed by atoms with Gasteiger partial charge in [-0.15, -0.1) is 0 Å². The molecule has 0 atom stereocenters. The molecule has 0 aliphatic heterocycles. The number of hydrogen-bond acceptors (Lipinski definition) is 3. The molecule has 7 heteroatoms. The minimum absolute atomic E-state index is 0.0365. The fraction of sp³-hybridized carbons (Fsp3) is 0.133. The minimum atomic E-state index is -3.86. The van der Waals surface area contributed by atoms with Gasteiger partial charge in [0.15, 0.2) is 0 Å². The van der Waals surface area contributed by atoms with Gasteiger partial charge in [0.25, 0.3) is 10.0 Å². The minimum Gasteiger partial charge on any atom is -0.478 e. The zero-order valence-corrected chi connectivity index (χ0v) is 13.5. The summed E-state index contributed by atoms with van der Waals surface area (Å²) < 4.78 is 26.5. The number of anilines is 1. The van der Waals surface area contributed by atoms with E-state index >= 15 is 0 Å². The topological polar surface area (TPSA) is 74.7 Å². The molecule has 0 bridgehead atoms. The summed E-state index contributed by atoms with van der Waals surface area (Å²) in [6.45, 7) is 1.48. The Morgan fingerprint density at radius 2 is 1.73 bits per heavy atom. The molecule has 2 aromatic rings. The van der Waals surface area contributed by atoms with Crippen LogP contribution in [0.1, 0.15) is 15.9 Å². The molecule has 0 amide bonds. The molecule has 0 saturated carbocycles. The Bertz CT molecular complexity index is 816. The Hall–Kier alpha value is -2.05. The van der Waals surface area contributed by atoms with Crippen LogP contribution in [0, 0.1) is 6.92 Å². The van der Waals surface area contributed by atoms with Crippen LogP contribution in [0.25, 0.3) is 0 Å². The third-order valence-electron chi connectivity index (χ3n) is 3.34. The number of halogens is 1. The summed E-state index contributed by atoms with van der Waals surface area (Å²) in [5.74, 6) is -1.16. The Labute approximate surface area is 133 Å². The predicted molar refractivity (Wildman–Crippen MR) is 85.2 cm³/mol. The van der Waals surface area contributed by atoms with Crippen molar-refractivity contribution in [2.75, 3.05) is 11.4 Å². The van der Waals surface area contributed by atoms with Gasteiger partial charge in [-0.05, 0) is 48.9 Å². The number of benzene rings is 2. The van der Waals surface area contributed by atoms with Gasteiger partial charge >= 0.3 is 5.97 Å². The van der Waals surface area contributed by atoms with Crippen LogP contribution in [-0.4, -0.2) is 26.5 Å². The van der Waals surface area contributed by atoms with Crippen LogP contribution in [0.3, 0.4) is 0 Å². The van der Waals surface area contributed by atoms with Crippen LogP contribution in [-0.2, 0) is 10.0 Å². The van der Waals surface area contributed by atoms with E-state index in [1.54, 1.807) is 24.3 Å². The quantitative estimate of drug-likeness (QED) is 0.928. The molecule has 2 rings (SSSR count). The van der Waals surface area contributed by atoms with Crippen LogP contribution >= 0.6 is 11.6 Å². The maximum atomic E-state index is 12.7. The number of carboxylic acid groups (broad SMARTS) is 1. The SMILES string of the molecule is Cc1c(C(=O)O)cccc1S(=O)(=O)N(C)c1ccc(Cl)cc1. The van der Waals surface area contributed by atoms with Crippen molar-refractivity contribution in [2.45, 2.75) is 11.8 Å². The highest BCUT2D eigenvalue weighted by atomic mass is 35.5. The Balaban J connectivity index is 2.53. The molecule has 0 spiro atoms. The zero-order valence-electron chi connectivity index (χ0n) is 11.9. The second kappa shape index (κ2) is 5.98. The van der Waals surface area contributed by atoms with Gasteiger partial charge in [-0.2, -0.15) is 0 Å². The largest absolute Gasteiger partial charge is 0.478 e. The van der Waals surface area contributed by atoms with Gasteiger partial charge in [-0.3, -0.25) is 4.31 Å². The summed E-state index contributed by atoms with van der Waals surface area (Å²) in [6.07, 6.45) is 0. The Kier molecular flexibility index (Phi) is 4.44. The summed E-state index contributed by atoms with van der Waals surface area (Å²) in [7, 11) is -2.46. The number of rotatable bonds is 4. The van der Waals surface area contributed by atoms with Crippen molar-refractivity contribution in [3.63, 3.8) is 0 Å². The van der Waals surface area contributed by atoms with E-state index in [0.29, 0.717) is 10.7 Å². The van der Waals surface area contributed by atoms with E-state index in [2.05, 4.69) is 0 Å². The molecule has 22 heavy (non-hydrogen) atoms. The van der Waals surface area contributed by atoms with Crippen molar-refractivity contribution in [2.24, 2.45) is 0 Å². The fourth-order valence-corrected chi connectivity index (χ4v) is 3.63. The van der Waals surface area contributed by atoms with E-state index in [1.807, 2.05) is 0 Å². The number of sulfonamides is 1. The van der Waals surface area contributed by atoms with Gasteiger partial charge in [-0.25, -0.2) is 13.2 Å². The Morgan fingerprint density at radius 1 is 1.14 bits per heavy atom. The van der Waals surface area contributed by atoms with Gasteiger partial charge in [0, 0.05) is 12.1 Å². The summed E-state index contributed by atoms with van der Waals surface area (Å²) in [6, 6.07) is 10.5. The molecular weight excluding hydrogens is 326 g/mol. The first-order valence-corrected chi connectivity index (χ1v) is 8.14. The van der Waals surface area contributed by atoms with Crippen molar-refractivity contribution < 1.29 is 18.3 Å². The predicted octanol–water partition coefficient (Wildman–Crippen LogP) is 3.17. The summed E-state index contributed by atoms with van der Waals surface area (Å²) in [5, 5.41) is 9.62. The molecule has 0 saturated heterocycles. The van der Waals surface area contributed by atoms with E-state index < -0.39 is 16.0 Å². The van der Waals surface area contributed by atoms with Crippen molar-refractivity contribution in [1.29, 1.82) is 0 Å². The first-order valence-electron chi connectivity index (χ1n) is 6.32. The lowest BCUT2D eigenvalue weighted by molar-refractivity contribution is 0.0696. The molecule has 0 unspecified atom stereocenters. The van der Waals surface area contributed by atoms with Crippen LogP contribution in [0.4, 0.5) is 5.69 Å². The molecule has 116 valence electrons. The summed E-state index contributed by atoms with van der Waals surface area (Å²) in [5.41, 5.74) is 0.603. The van der Waals surface area contributed by atoms with E-state index in [0.717, 1.165) is 4.31 Å². The van der Waals surface area contributed by atoms with Gasteiger partial charge in [-0.1, -0.05) is 17.7 Å². The van der Waals surface area contributed by atoms with E-state index in [4.69, 9.17) is 16.7 Å². The number of nitrogens with zero attached hydrogens (tertiary/aromatic N) is 1. The molecule has 0 aromatic heterocycles. The van der Waals surface area contributed by atoms with Crippen LogP contribution in [0.15, 0.2) is 47.4 Å². The highest BCUT2D eigenvalue weighted by molar-refractivity contribution is 7.92. The monoisotopic (exact) mass is 339 g/mol. The number of carbonyl (C=O) groups is 1. The van der Waals surface area contributed by atoms with Crippen molar-refractivity contribution in [3.8, 4) is 0 Å². The third kappa shape index (κ3) is 2.93. The lowest BCUT2D eigenvalue weighted by Crippen LogP contribution is -2.27. The standard InChI is InChI=1S/C15H14ClNO4S/c1-10-13(15(18)19)4-3-5-14(10)22(20,21)17(2)12-8-6-11(16)7-9-12/h3-9H,1-2H3,(H,18,19). The second-order valence-corrected chi connectivity index (χ2v) is 7.06. The van der Waals surface area contributed by atoms with Gasteiger partial charge in [0.2, 0.25) is 0 Å². The van der Waals surface area contributed by atoms with Crippen molar-refractivity contribution in [1.82, 2.24) is 0 Å². The molecule has 2 aromatic carbocycles. The molecular formula is C15H14ClNO4S. The maximum Gasteiger partial charge on any atom is 0.335 e. The first kappa shape index (κ1) is 16.3. The second-order valence-electron chi connectivity index (χ2n) is 4.68. The van der Waals surface area contributed by atoms with Crippen molar-refractivity contribution >= 4 is 33.3 Å². The van der Waals surface area contributed by atoms with E-state index in [9.17, 15) is 13.2 Å². The lowest BCUT2D eigenvalue weighted by atomic mass is 10.1. The van der Waals surface area contributed by atoms with E-state index in [-0.39, 0.29) is 16.0 Å². The molecule has 0 radical (unpaired) electrons. The van der Waals surface area contributed by atoms with Crippen LogP contribution in [0.5, 0.6) is 0 Å². The molecule has 5 nitrogen and oxygen atoms in total. The fourth-order valence-electron chi connectivity index (χ4n) is 2.06. The van der Waals surface area contributed by atoms with Gasteiger partial charge in [0.1, 0.15) is 0 Å². The molecule has 1 N–H and O–H groups in total. The first-order chi connectivity index (χ1) is 10.2. The normalized spacial score (nSPS) is 11.2. The number of aromatic carboxylic acids is 1. The third-order valence-corrected chi connectivity index (χ3v) is 5.53. The molecule has 0 aliphatic rings. The van der Waals surface area contributed by atoms with Crippen molar-refractivity contribution in [3.05, 3.63) is 58.6 Å². The lowest BCUT2D eigenvalue weighted by Gasteiger charge is -2.21. The average molecular weight is 340 g/mol. The molecule has 0 heterocycles. The Morgan fingerprint density at radius 3 is 2.27 bits per heavy atom. The maximum absolute atomic E-state index is 12.7. The molecule has 0 fully saturated rings. The highest BCUT2D eigenvalue weighted by Gasteiger charge is 2.25. The summed E-state index contributed by atoms with van der Waals surface area (Å²) in [4.78, 5) is 11.1.